The van der Waals surface area contributed by atoms with E-state index in [4.69, 9.17) is 15.2 Å². The number of methoxy groups -OCH3 is 2. The third kappa shape index (κ3) is 4.03. The van der Waals surface area contributed by atoms with Gasteiger partial charge in [0.1, 0.15) is 10.7 Å². The fraction of sp³-hybridized carbons (Fsp3) is 0.200. The van der Waals surface area contributed by atoms with Crippen LogP contribution in [0.15, 0.2) is 42.5 Å². The SMILES string of the molecule is CCc1cccc(Nc2nc(N)c(C(=O)c3ccc(OC)c(OC)c3)s2)c1. The van der Waals surface area contributed by atoms with E-state index in [1.807, 2.05) is 18.2 Å². The molecule has 0 atom stereocenters. The maximum Gasteiger partial charge on any atom is 0.206 e. The number of ether oxygens (including phenoxy) is 2. The Labute approximate surface area is 162 Å². The fourth-order valence-electron chi connectivity index (χ4n) is 2.65. The van der Waals surface area contributed by atoms with Gasteiger partial charge < -0.3 is 20.5 Å². The maximum absolute atomic E-state index is 12.9. The van der Waals surface area contributed by atoms with Gasteiger partial charge in [-0.2, -0.15) is 0 Å². The highest BCUT2D eigenvalue weighted by molar-refractivity contribution is 7.18. The van der Waals surface area contributed by atoms with Crippen molar-refractivity contribution in [2.45, 2.75) is 13.3 Å². The molecule has 27 heavy (non-hydrogen) atoms. The molecule has 6 nitrogen and oxygen atoms in total. The summed E-state index contributed by atoms with van der Waals surface area (Å²) in [7, 11) is 3.08. The van der Waals surface area contributed by atoms with E-state index in [0.717, 1.165) is 12.1 Å². The minimum atomic E-state index is -0.207. The number of hydrogen-bond donors (Lipinski definition) is 2. The summed E-state index contributed by atoms with van der Waals surface area (Å²) in [5.74, 6) is 1.04. The number of nitrogens with two attached hydrogens (primary N) is 1. The molecule has 0 aliphatic heterocycles. The summed E-state index contributed by atoms with van der Waals surface area (Å²) in [5, 5.41) is 3.79. The molecule has 3 aromatic rings. The van der Waals surface area contributed by atoms with E-state index in [9.17, 15) is 4.79 Å². The van der Waals surface area contributed by atoms with Crippen LogP contribution in [0.1, 0.15) is 27.7 Å². The predicted octanol–water partition coefficient (Wildman–Crippen LogP) is 4.28. The molecule has 2 aromatic carbocycles. The van der Waals surface area contributed by atoms with Crippen molar-refractivity contribution in [2.75, 3.05) is 25.3 Å². The van der Waals surface area contributed by atoms with Crippen molar-refractivity contribution < 1.29 is 14.3 Å². The summed E-state index contributed by atoms with van der Waals surface area (Å²) in [5.41, 5.74) is 8.58. The van der Waals surface area contributed by atoms with Crippen LogP contribution < -0.4 is 20.5 Å². The number of benzene rings is 2. The number of nitrogens with one attached hydrogen (secondary N) is 1. The monoisotopic (exact) mass is 383 g/mol. The quantitative estimate of drug-likeness (QED) is 0.592. The molecule has 0 unspecified atom stereocenters. The normalized spacial score (nSPS) is 10.5. The smallest absolute Gasteiger partial charge is 0.206 e. The van der Waals surface area contributed by atoms with Gasteiger partial charge in [-0.15, -0.1) is 0 Å². The minimum Gasteiger partial charge on any atom is -0.493 e. The molecule has 1 heterocycles. The summed E-state index contributed by atoms with van der Waals surface area (Å²) in [6.45, 7) is 2.10. The summed E-state index contributed by atoms with van der Waals surface area (Å²) in [4.78, 5) is 17.5. The Morgan fingerprint density at radius 3 is 2.63 bits per heavy atom. The topological polar surface area (TPSA) is 86.5 Å². The Kier molecular flexibility index (Phi) is 5.61. The van der Waals surface area contributed by atoms with Gasteiger partial charge >= 0.3 is 0 Å². The average Bonchev–Trinajstić information content (AvgIpc) is 3.06. The van der Waals surface area contributed by atoms with Gasteiger partial charge in [0, 0.05) is 11.3 Å². The Hall–Kier alpha value is -3.06. The zero-order valence-corrected chi connectivity index (χ0v) is 16.2. The van der Waals surface area contributed by atoms with Gasteiger partial charge in [-0.25, -0.2) is 4.98 Å². The number of carbonyl (C=O) groups is 1. The van der Waals surface area contributed by atoms with E-state index >= 15 is 0 Å². The second-order valence-corrected chi connectivity index (χ2v) is 6.81. The second-order valence-electron chi connectivity index (χ2n) is 5.81. The Morgan fingerprint density at radius 2 is 1.93 bits per heavy atom. The van der Waals surface area contributed by atoms with E-state index in [1.54, 1.807) is 25.3 Å². The Morgan fingerprint density at radius 1 is 1.15 bits per heavy atom. The molecule has 0 radical (unpaired) electrons. The lowest BCUT2D eigenvalue weighted by Gasteiger charge is -2.08. The molecule has 3 rings (SSSR count). The molecule has 0 saturated carbocycles. The van der Waals surface area contributed by atoms with Crippen molar-refractivity contribution in [2.24, 2.45) is 0 Å². The van der Waals surface area contributed by atoms with Crippen LogP contribution in [-0.4, -0.2) is 25.0 Å². The van der Waals surface area contributed by atoms with E-state index in [-0.39, 0.29) is 11.6 Å². The molecule has 0 aliphatic carbocycles. The highest BCUT2D eigenvalue weighted by Crippen LogP contribution is 2.33. The number of nitrogen functional groups attached to an aromatic ring is 1. The van der Waals surface area contributed by atoms with Crippen LogP contribution in [0.5, 0.6) is 11.5 Å². The molecule has 0 spiro atoms. The molecule has 7 heteroatoms. The van der Waals surface area contributed by atoms with Crippen LogP contribution in [0, 0.1) is 0 Å². The lowest BCUT2D eigenvalue weighted by molar-refractivity contribution is 0.104. The Balaban J connectivity index is 1.86. The molecular weight excluding hydrogens is 362 g/mol. The number of aromatic nitrogens is 1. The zero-order chi connectivity index (χ0) is 19.4. The number of hydrogen-bond acceptors (Lipinski definition) is 7. The van der Waals surface area contributed by atoms with Crippen LogP contribution in [-0.2, 0) is 6.42 Å². The van der Waals surface area contributed by atoms with Gasteiger partial charge in [-0.05, 0) is 42.3 Å². The largest absolute Gasteiger partial charge is 0.493 e. The number of aryl methyl sites for hydroxylation is 1. The van der Waals surface area contributed by atoms with E-state index < -0.39 is 0 Å². The standard InChI is InChI=1S/C20H21N3O3S/c1-4-12-6-5-7-14(10-12)22-20-23-19(21)18(27-20)17(24)13-8-9-15(25-2)16(11-13)26-3/h5-11H,4,21H2,1-3H3,(H,22,23). The second kappa shape index (κ2) is 8.09. The molecule has 0 saturated heterocycles. The van der Waals surface area contributed by atoms with Crippen LogP contribution in [0.2, 0.25) is 0 Å². The molecule has 0 amide bonds. The van der Waals surface area contributed by atoms with Crippen LogP contribution in [0.25, 0.3) is 0 Å². The number of rotatable bonds is 7. The zero-order valence-electron chi connectivity index (χ0n) is 15.4. The lowest BCUT2D eigenvalue weighted by atomic mass is 10.1. The fourth-order valence-corrected chi connectivity index (χ4v) is 3.52. The number of nitrogens with zero attached hydrogens (tertiary/aromatic N) is 1. The first-order valence-corrected chi connectivity index (χ1v) is 9.26. The van der Waals surface area contributed by atoms with Gasteiger partial charge in [-0.3, -0.25) is 4.79 Å². The maximum atomic E-state index is 12.9. The van der Waals surface area contributed by atoms with Gasteiger partial charge in [0.15, 0.2) is 16.6 Å². The summed E-state index contributed by atoms with van der Waals surface area (Å²) in [6, 6.07) is 13.1. The highest BCUT2D eigenvalue weighted by Gasteiger charge is 2.19. The highest BCUT2D eigenvalue weighted by atomic mass is 32.1. The minimum absolute atomic E-state index is 0.203. The van der Waals surface area contributed by atoms with Crippen molar-refractivity contribution in [3.8, 4) is 11.5 Å². The van der Waals surface area contributed by atoms with Crippen molar-refractivity contribution in [3.05, 3.63) is 58.5 Å². The number of anilines is 3. The first kappa shape index (κ1) is 18.7. The van der Waals surface area contributed by atoms with Crippen LogP contribution >= 0.6 is 11.3 Å². The molecule has 1 aromatic heterocycles. The Bertz CT molecular complexity index is 969. The van der Waals surface area contributed by atoms with Crippen LogP contribution in [0.3, 0.4) is 0 Å². The first-order valence-electron chi connectivity index (χ1n) is 8.44. The van der Waals surface area contributed by atoms with Gasteiger partial charge in [-0.1, -0.05) is 30.4 Å². The van der Waals surface area contributed by atoms with E-state index in [1.165, 1.54) is 24.0 Å². The summed E-state index contributed by atoms with van der Waals surface area (Å²) < 4.78 is 10.5. The molecule has 0 fully saturated rings. The van der Waals surface area contributed by atoms with Crippen molar-refractivity contribution in [1.29, 1.82) is 0 Å². The van der Waals surface area contributed by atoms with E-state index in [0.29, 0.717) is 27.1 Å². The number of carbonyl (C=O) groups excluding carboxylic acids is 1. The summed E-state index contributed by atoms with van der Waals surface area (Å²) >= 11 is 1.23. The predicted molar refractivity (Wildman–Crippen MR) is 109 cm³/mol. The summed E-state index contributed by atoms with van der Waals surface area (Å²) in [6.07, 6.45) is 0.943. The van der Waals surface area contributed by atoms with Gasteiger partial charge in [0.2, 0.25) is 5.78 Å². The van der Waals surface area contributed by atoms with E-state index in [2.05, 4.69) is 23.3 Å². The number of thiazole rings is 1. The van der Waals surface area contributed by atoms with Gasteiger partial charge in [0.05, 0.1) is 14.2 Å². The third-order valence-corrected chi connectivity index (χ3v) is 5.08. The lowest BCUT2D eigenvalue weighted by Crippen LogP contribution is -2.03. The average molecular weight is 383 g/mol. The molecule has 0 bridgehead atoms. The van der Waals surface area contributed by atoms with Gasteiger partial charge in [0.25, 0.3) is 0 Å². The third-order valence-electron chi connectivity index (χ3n) is 4.09. The first-order chi connectivity index (χ1) is 13.0. The van der Waals surface area contributed by atoms with Crippen molar-refractivity contribution in [3.63, 3.8) is 0 Å². The number of ketones is 1. The van der Waals surface area contributed by atoms with Crippen molar-refractivity contribution >= 4 is 33.8 Å². The molecular formula is C20H21N3O3S. The molecule has 140 valence electrons. The molecule has 0 aliphatic rings. The molecule has 3 N–H and O–H groups in total. The van der Waals surface area contributed by atoms with Crippen LogP contribution in [0.4, 0.5) is 16.6 Å². The van der Waals surface area contributed by atoms with Crippen molar-refractivity contribution in [1.82, 2.24) is 4.98 Å².